The van der Waals surface area contributed by atoms with Crippen molar-refractivity contribution >= 4 is 11.0 Å². The van der Waals surface area contributed by atoms with Crippen LogP contribution in [0.25, 0.3) is 11.0 Å². The van der Waals surface area contributed by atoms with Crippen molar-refractivity contribution in [2.45, 2.75) is 18.8 Å². The van der Waals surface area contributed by atoms with Crippen molar-refractivity contribution in [1.29, 1.82) is 5.26 Å². The van der Waals surface area contributed by atoms with Crippen LogP contribution in [-0.2, 0) is 0 Å². The van der Waals surface area contributed by atoms with E-state index in [4.69, 9.17) is 5.26 Å². The number of hydrogen-bond donors (Lipinski definition) is 2. The fraction of sp³-hybridized carbons (Fsp3) is 0.500. The van der Waals surface area contributed by atoms with Crippen LogP contribution in [0.15, 0.2) is 18.3 Å². The highest BCUT2D eigenvalue weighted by Crippen LogP contribution is 2.44. The van der Waals surface area contributed by atoms with Crippen LogP contribution in [0.4, 0.5) is 0 Å². The van der Waals surface area contributed by atoms with Crippen LogP contribution in [0.3, 0.4) is 0 Å². The highest BCUT2D eigenvalue weighted by molar-refractivity contribution is 5.79. The smallest absolute Gasteiger partial charge is 0.158 e. The molecule has 1 saturated carbocycles. The first-order valence-corrected chi connectivity index (χ1v) is 7.60. The predicted octanol–water partition coefficient (Wildman–Crippen LogP) is 1.79. The quantitative estimate of drug-likeness (QED) is 0.881. The molecule has 1 aliphatic heterocycles. The van der Waals surface area contributed by atoms with Gasteiger partial charge in [0.25, 0.3) is 0 Å². The van der Waals surface area contributed by atoms with Crippen molar-refractivity contribution in [3.8, 4) is 6.07 Å². The molecule has 4 rings (SSSR count). The average molecular weight is 281 g/mol. The number of nitrogens with zero attached hydrogens (tertiary/aromatic N) is 3. The molecule has 21 heavy (non-hydrogen) atoms. The van der Waals surface area contributed by atoms with E-state index in [0.29, 0.717) is 11.5 Å². The summed E-state index contributed by atoms with van der Waals surface area (Å²) in [5.41, 5.74) is 6.10. The first kappa shape index (κ1) is 12.7. The Balaban J connectivity index is 1.76. The fourth-order valence-electron chi connectivity index (χ4n) is 4.12. The first-order valence-electron chi connectivity index (χ1n) is 7.60. The highest BCUT2D eigenvalue weighted by Gasteiger charge is 2.39. The van der Waals surface area contributed by atoms with E-state index < -0.39 is 0 Å². The summed E-state index contributed by atoms with van der Waals surface area (Å²) in [7, 11) is 1.93. The summed E-state index contributed by atoms with van der Waals surface area (Å²) in [6.45, 7) is 2.33. The second kappa shape index (κ2) is 4.74. The molecular formula is C16H19N5. The van der Waals surface area contributed by atoms with Crippen LogP contribution >= 0.6 is 0 Å². The van der Waals surface area contributed by atoms with Gasteiger partial charge in [-0.2, -0.15) is 5.26 Å². The van der Waals surface area contributed by atoms with Gasteiger partial charge in [0, 0.05) is 30.2 Å². The summed E-state index contributed by atoms with van der Waals surface area (Å²) in [5, 5.41) is 13.6. The molecule has 2 fully saturated rings. The number of nitrogens with one attached hydrogen (secondary N) is 2. The van der Waals surface area contributed by atoms with Gasteiger partial charge in [-0.15, -0.1) is 0 Å². The van der Waals surface area contributed by atoms with Crippen LogP contribution in [0.5, 0.6) is 0 Å². The minimum absolute atomic E-state index is 0.592. The number of fused-ring (bicyclic) bond motifs is 2. The van der Waals surface area contributed by atoms with E-state index in [-0.39, 0.29) is 0 Å². The standard InChI is InChI=1S/C16H19N5/c1-18-21-15(11-3-13-8-19-9-14(13)4-11)5-12-2-10(6-17)7-20-16(12)21/h2,5,7,11,13-14,18-19H,3-4,8-9H2,1H3. The molecule has 2 unspecified atom stereocenters. The Morgan fingerprint density at radius 2 is 2.10 bits per heavy atom. The second-order valence-electron chi connectivity index (χ2n) is 6.22. The van der Waals surface area contributed by atoms with Crippen LogP contribution in [0.1, 0.15) is 30.0 Å². The fourth-order valence-corrected chi connectivity index (χ4v) is 4.12. The lowest BCUT2D eigenvalue weighted by Gasteiger charge is -2.15. The predicted molar refractivity (Wildman–Crippen MR) is 81.6 cm³/mol. The van der Waals surface area contributed by atoms with E-state index in [1.54, 1.807) is 6.20 Å². The topological polar surface area (TPSA) is 65.7 Å². The molecule has 5 heteroatoms. The molecule has 0 amide bonds. The summed E-state index contributed by atoms with van der Waals surface area (Å²) in [5.74, 6) is 2.23. The van der Waals surface area contributed by atoms with E-state index in [1.165, 1.54) is 18.5 Å². The maximum atomic E-state index is 9.03. The van der Waals surface area contributed by atoms with Gasteiger partial charge < -0.3 is 10.7 Å². The van der Waals surface area contributed by atoms with E-state index >= 15 is 0 Å². The Morgan fingerprint density at radius 3 is 2.76 bits per heavy atom. The first-order chi connectivity index (χ1) is 10.3. The van der Waals surface area contributed by atoms with Gasteiger partial charge in [-0.05, 0) is 49.9 Å². The number of pyridine rings is 1. The van der Waals surface area contributed by atoms with Gasteiger partial charge in [-0.3, -0.25) is 0 Å². The van der Waals surface area contributed by atoms with Crippen molar-refractivity contribution in [2.24, 2.45) is 11.8 Å². The van der Waals surface area contributed by atoms with Gasteiger partial charge in [-0.1, -0.05) is 0 Å². The number of rotatable bonds is 2. The zero-order chi connectivity index (χ0) is 14.4. The molecule has 2 aromatic heterocycles. The van der Waals surface area contributed by atoms with Gasteiger partial charge >= 0.3 is 0 Å². The van der Waals surface area contributed by atoms with E-state index in [1.807, 2.05) is 13.1 Å². The normalized spacial score (nSPS) is 27.7. The number of aromatic nitrogens is 2. The molecule has 3 heterocycles. The van der Waals surface area contributed by atoms with Crippen molar-refractivity contribution in [3.05, 3.63) is 29.6 Å². The van der Waals surface area contributed by atoms with Crippen molar-refractivity contribution in [2.75, 3.05) is 25.6 Å². The summed E-state index contributed by atoms with van der Waals surface area (Å²) in [6.07, 6.45) is 4.15. The summed E-state index contributed by atoms with van der Waals surface area (Å²) in [6, 6.07) is 6.30. The van der Waals surface area contributed by atoms with Gasteiger partial charge in [0.15, 0.2) is 5.65 Å². The van der Waals surface area contributed by atoms with Gasteiger partial charge in [0.05, 0.1) is 5.56 Å². The van der Waals surface area contributed by atoms with Crippen LogP contribution in [-0.4, -0.2) is 29.8 Å². The number of hydrogen-bond acceptors (Lipinski definition) is 4. The molecule has 2 aromatic rings. The van der Waals surface area contributed by atoms with Crippen LogP contribution in [0, 0.1) is 23.2 Å². The lowest BCUT2D eigenvalue weighted by molar-refractivity contribution is 0.494. The summed E-state index contributed by atoms with van der Waals surface area (Å²) >= 11 is 0. The highest BCUT2D eigenvalue weighted by atomic mass is 15.4. The summed E-state index contributed by atoms with van der Waals surface area (Å²) < 4.78 is 2.09. The Labute approximate surface area is 123 Å². The Kier molecular flexibility index (Phi) is 2.86. The SMILES string of the molecule is CNn1c(C2CC3CNCC3C2)cc2cc(C#N)cnc21. The molecule has 0 spiro atoms. The third-order valence-electron chi connectivity index (χ3n) is 5.09. The lowest BCUT2D eigenvalue weighted by Crippen LogP contribution is -2.17. The molecular weight excluding hydrogens is 262 g/mol. The maximum absolute atomic E-state index is 9.03. The largest absolute Gasteiger partial charge is 0.327 e. The van der Waals surface area contributed by atoms with E-state index in [9.17, 15) is 0 Å². The molecule has 5 nitrogen and oxygen atoms in total. The van der Waals surface area contributed by atoms with Gasteiger partial charge in [0.1, 0.15) is 6.07 Å². The molecule has 2 aliphatic rings. The lowest BCUT2D eigenvalue weighted by atomic mass is 10.0. The third kappa shape index (κ3) is 1.90. The Hall–Kier alpha value is -2.06. The van der Waals surface area contributed by atoms with Crippen molar-refractivity contribution in [3.63, 3.8) is 0 Å². The summed E-state index contributed by atoms with van der Waals surface area (Å²) in [4.78, 5) is 4.45. The van der Waals surface area contributed by atoms with Gasteiger partial charge in [0.2, 0.25) is 0 Å². The van der Waals surface area contributed by atoms with E-state index in [2.05, 4.69) is 32.5 Å². The minimum Gasteiger partial charge on any atom is -0.327 e. The Morgan fingerprint density at radius 1 is 1.33 bits per heavy atom. The molecule has 0 bridgehead atoms. The average Bonchev–Trinajstić information content (AvgIpc) is 3.17. The molecule has 2 N–H and O–H groups in total. The van der Waals surface area contributed by atoms with Crippen molar-refractivity contribution < 1.29 is 0 Å². The molecule has 108 valence electrons. The molecule has 0 radical (unpaired) electrons. The Bertz CT molecular complexity index is 714. The third-order valence-corrected chi connectivity index (χ3v) is 5.09. The van der Waals surface area contributed by atoms with E-state index in [0.717, 1.165) is 36.0 Å². The molecule has 1 aliphatic carbocycles. The van der Waals surface area contributed by atoms with Crippen molar-refractivity contribution in [1.82, 2.24) is 15.0 Å². The zero-order valence-electron chi connectivity index (χ0n) is 12.1. The molecule has 1 saturated heterocycles. The monoisotopic (exact) mass is 281 g/mol. The molecule has 2 atom stereocenters. The number of nitriles is 1. The van der Waals surface area contributed by atoms with Crippen LogP contribution < -0.4 is 10.7 Å². The second-order valence-corrected chi connectivity index (χ2v) is 6.22. The maximum Gasteiger partial charge on any atom is 0.158 e. The zero-order valence-corrected chi connectivity index (χ0v) is 12.1. The van der Waals surface area contributed by atoms with Gasteiger partial charge in [-0.25, -0.2) is 9.66 Å². The molecule has 0 aromatic carbocycles. The van der Waals surface area contributed by atoms with Crippen LogP contribution in [0.2, 0.25) is 0 Å². The minimum atomic E-state index is 0.592.